The lowest BCUT2D eigenvalue weighted by molar-refractivity contribution is -0.159. The van der Waals surface area contributed by atoms with Crippen molar-refractivity contribution in [1.29, 1.82) is 0 Å². The number of fused-ring (bicyclic) bond motifs is 1. The molecular weight excluding hydrogens is 424 g/mol. The molecule has 2 unspecified atom stereocenters. The molecular formula is C30H34O4. The Labute approximate surface area is 202 Å². The number of rotatable bonds is 7. The maximum atomic E-state index is 13.0. The maximum absolute atomic E-state index is 13.0. The summed E-state index contributed by atoms with van der Waals surface area (Å²) in [6, 6.07) is 22.9. The van der Waals surface area contributed by atoms with E-state index in [0.717, 1.165) is 28.5 Å². The van der Waals surface area contributed by atoms with Crippen molar-refractivity contribution in [3.63, 3.8) is 0 Å². The predicted molar refractivity (Wildman–Crippen MR) is 135 cm³/mol. The molecule has 0 heterocycles. The highest BCUT2D eigenvalue weighted by molar-refractivity contribution is 5.97. The summed E-state index contributed by atoms with van der Waals surface area (Å²) < 4.78 is 11.6. The minimum absolute atomic E-state index is 0.0775. The number of carbonyl (C=O) groups is 2. The zero-order valence-electron chi connectivity index (χ0n) is 20.3. The quantitative estimate of drug-likeness (QED) is 0.350. The zero-order chi connectivity index (χ0) is 24.1. The van der Waals surface area contributed by atoms with Crippen LogP contribution in [0.1, 0.15) is 64.5 Å². The van der Waals surface area contributed by atoms with Crippen molar-refractivity contribution in [1.82, 2.24) is 0 Å². The highest BCUT2D eigenvalue weighted by atomic mass is 16.5. The van der Waals surface area contributed by atoms with Gasteiger partial charge >= 0.3 is 11.9 Å². The minimum atomic E-state index is -0.347. The van der Waals surface area contributed by atoms with Crippen molar-refractivity contribution in [3.8, 4) is 11.1 Å². The van der Waals surface area contributed by atoms with E-state index in [4.69, 9.17) is 9.47 Å². The fourth-order valence-electron chi connectivity index (χ4n) is 4.63. The topological polar surface area (TPSA) is 52.6 Å². The first-order chi connectivity index (χ1) is 16.5. The number of hydrogen-bond acceptors (Lipinski definition) is 4. The van der Waals surface area contributed by atoms with Crippen molar-refractivity contribution in [2.45, 2.75) is 65.1 Å². The average Bonchev–Trinajstić information content (AvgIpc) is 2.88. The number of esters is 2. The van der Waals surface area contributed by atoms with Gasteiger partial charge < -0.3 is 9.47 Å². The van der Waals surface area contributed by atoms with Gasteiger partial charge in [-0.05, 0) is 78.6 Å². The van der Waals surface area contributed by atoms with Gasteiger partial charge in [-0.25, -0.2) is 0 Å². The van der Waals surface area contributed by atoms with Crippen LogP contribution < -0.4 is 0 Å². The Balaban J connectivity index is 1.43. The van der Waals surface area contributed by atoms with E-state index in [-0.39, 0.29) is 36.0 Å². The molecule has 1 aliphatic rings. The van der Waals surface area contributed by atoms with Gasteiger partial charge in [0, 0.05) is 0 Å². The van der Waals surface area contributed by atoms with Crippen LogP contribution in [-0.4, -0.2) is 18.0 Å². The normalized spacial score (nSPS) is 19.9. The lowest BCUT2D eigenvalue weighted by Gasteiger charge is -2.28. The maximum Gasteiger partial charge on any atom is 0.309 e. The van der Waals surface area contributed by atoms with Crippen LogP contribution in [-0.2, 0) is 19.1 Å². The Morgan fingerprint density at radius 3 is 2.29 bits per heavy atom. The van der Waals surface area contributed by atoms with Crippen LogP contribution in [0.25, 0.3) is 21.9 Å². The lowest BCUT2D eigenvalue weighted by atomic mass is 9.87. The highest BCUT2D eigenvalue weighted by Crippen LogP contribution is 2.34. The van der Waals surface area contributed by atoms with Crippen molar-refractivity contribution in [3.05, 3.63) is 72.3 Å². The largest absolute Gasteiger partial charge is 0.462 e. The number of benzene rings is 3. The van der Waals surface area contributed by atoms with Crippen LogP contribution in [0.4, 0.5) is 0 Å². The number of hydrogen-bond donors (Lipinski definition) is 0. The van der Waals surface area contributed by atoms with Gasteiger partial charge in [-0.1, -0.05) is 68.4 Å². The number of ether oxygens (including phenoxy) is 2. The Morgan fingerprint density at radius 2 is 1.59 bits per heavy atom. The molecule has 0 N–H and O–H groups in total. The van der Waals surface area contributed by atoms with Gasteiger partial charge in [-0.15, -0.1) is 0 Å². The molecule has 34 heavy (non-hydrogen) atoms. The van der Waals surface area contributed by atoms with Gasteiger partial charge in [0.15, 0.2) is 0 Å². The van der Waals surface area contributed by atoms with Crippen molar-refractivity contribution in [2.75, 3.05) is 0 Å². The minimum Gasteiger partial charge on any atom is -0.462 e. The van der Waals surface area contributed by atoms with Gasteiger partial charge in [0.2, 0.25) is 0 Å². The molecule has 2 atom stereocenters. The van der Waals surface area contributed by atoms with Crippen molar-refractivity contribution in [2.24, 2.45) is 11.8 Å². The van der Waals surface area contributed by atoms with Gasteiger partial charge in [0.1, 0.15) is 12.2 Å². The van der Waals surface area contributed by atoms with E-state index >= 15 is 0 Å². The molecule has 178 valence electrons. The molecule has 0 amide bonds. The number of carbonyl (C=O) groups excluding carboxylic acids is 2. The van der Waals surface area contributed by atoms with E-state index in [1.54, 1.807) is 0 Å². The molecule has 0 spiro atoms. The smallest absolute Gasteiger partial charge is 0.309 e. The Bertz CT molecular complexity index is 1130. The third-order valence-corrected chi connectivity index (χ3v) is 7.04. The fourth-order valence-corrected chi connectivity index (χ4v) is 4.63. The highest BCUT2D eigenvalue weighted by Gasteiger charge is 2.31. The van der Waals surface area contributed by atoms with Crippen LogP contribution in [0.5, 0.6) is 0 Å². The molecule has 4 nitrogen and oxygen atoms in total. The summed E-state index contributed by atoms with van der Waals surface area (Å²) in [4.78, 5) is 25.0. The van der Waals surface area contributed by atoms with Crippen LogP contribution >= 0.6 is 0 Å². The molecule has 4 rings (SSSR count). The van der Waals surface area contributed by atoms with E-state index in [2.05, 4.69) is 42.5 Å². The summed E-state index contributed by atoms with van der Waals surface area (Å²) >= 11 is 0. The van der Waals surface area contributed by atoms with E-state index in [9.17, 15) is 9.59 Å². The van der Waals surface area contributed by atoms with E-state index in [1.165, 1.54) is 5.39 Å². The van der Waals surface area contributed by atoms with Gasteiger partial charge in [0.05, 0.1) is 11.8 Å². The average molecular weight is 459 g/mol. The standard InChI is InChI=1S/C30H34O4/c1-4-20(2)29(31)34-26-16-14-23(15-17-26)30(32)33-21(3)25-18-24-12-8-9-13-27(24)28(19-25)22-10-6-5-7-11-22/h5-13,18-21,23,26H,4,14-17H2,1-3H3. The Kier molecular flexibility index (Phi) is 7.66. The van der Waals surface area contributed by atoms with Gasteiger partial charge in [-0.3, -0.25) is 9.59 Å². The fraction of sp³-hybridized carbons (Fsp3) is 0.400. The Hall–Kier alpha value is -3.14. The zero-order valence-corrected chi connectivity index (χ0v) is 20.3. The second-order valence-electron chi connectivity index (χ2n) is 9.45. The first-order valence-electron chi connectivity index (χ1n) is 12.4. The molecule has 0 saturated heterocycles. The molecule has 1 fully saturated rings. The van der Waals surface area contributed by atoms with E-state index in [0.29, 0.717) is 25.7 Å². The molecule has 0 radical (unpaired) electrons. The molecule has 1 aliphatic carbocycles. The van der Waals surface area contributed by atoms with E-state index in [1.807, 2.05) is 45.0 Å². The van der Waals surface area contributed by atoms with Crippen molar-refractivity contribution < 1.29 is 19.1 Å². The molecule has 1 saturated carbocycles. The Morgan fingerprint density at radius 1 is 0.912 bits per heavy atom. The van der Waals surface area contributed by atoms with Crippen LogP contribution in [0, 0.1) is 11.8 Å². The molecule has 3 aromatic carbocycles. The van der Waals surface area contributed by atoms with Crippen LogP contribution in [0.15, 0.2) is 66.7 Å². The van der Waals surface area contributed by atoms with Crippen LogP contribution in [0.2, 0.25) is 0 Å². The lowest BCUT2D eigenvalue weighted by Crippen LogP contribution is -2.30. The van der Waals surface area contributed by atoms with Crippen molar-refractivity contribution >= 4 is 22.7 Å². The molecule has 4 heteroatoms. The summed E-state index contributed by atoms with van der Waals surface area (Å²) in [6.45, 7) is 5.82. The molecule has 0 aromatic heterocycles. The second kappa shape index (κ2) is 10.9. The molecule has 0 aliphatic heterocycles. The molecule has 3 aromatic rings. The first-order valence-corrected chi connectivity index (χ1v) is 12.4. The van der Waals surface area contributed by atoms with E-state index < -0.39 is 0 Å². The second-order valence-corrected chi connectivity index (χ2v) is 9.45. The third kappa shape index (κ3) is 5.49. The molecule has 0 bridgehead atoms. The van der Waals surface area contributed by atoms with Gasteiger partial charge in [-0.2, -0.15) is 0 Å². The van der Waals surface area contributed by atoms with Gasteiger partial charge in [0.25, 0.3) is 0 Å². The summed E-state index contributed by atoms with van der Waals surface area (Å²) in [5.74, 6) is -0.511. The first kappa shape index (κ1) is 24.0. The summed E-state index contributed by atoms with van der Waals surface area (Å²) in [5, 5.41) is 2.31. The predicted octanol–water partition coefficient (Wildman–Crippen LogP) is 7.26. The summed E-state index contributed by atoms with van der Waals surface area (Å²) in [6.07, 6.45) is 3.15. The third-order valence-electron chi connectivity index (χ3n) is 7.04. The summed E-state index contributed by atoms with van der Waals surface area (Å²) in [7, 11) is 0. The SMILES string of the molecule is CCC(C)C(=O)OC1CCC(C(=O)OC(C)c2cc(-c3ccccc3)c3ccccc3c2)CC1. The summed E-state index contributed by atoms with van der Waals surface area (Å²) in [5.41, 5.74) is 3.27. The van der Waals surface area contributed by atoms with Crippen LogP contribution in [0.3, 0.4) is 0 Å². The monoisotopic (exact) mass is 458 g/mol.